The summed E-state index contributed by atoms with van der Waals surface area (Å²) < 4.78 is 0. The summed E-state index contributed by atoms with van der Waals surface area (Å²) in [7, 11) is 0. The highest BCUT2D eigenvalue weighted by Gasteiger charge is 2.30. The normalized spacial score (nSPS) is 12.7. The zero-order valence-electron chi connectivity index (χ0n) is 41.1. The van der Waals surface area contributed by atoms with Crippen LogP contribution in [0.2, 0.25) is 0 Å². The molecule has 1 aliphatic carbocycles. The molecule has 0 heteroatoms. The average molecular weight is 953 g/mol. The van der Waals surface area contributed by atoms with Crippen molar-refractivity contribution in [2.75, 3.05) is 0 Å². The monoisotopic (exact) mass is 952 g/mol. The van der Waals surface area contributed by atoms with E-state index in [1.54, 1.807) is 0 Å². The maximum atomic E-state index is 2.59. The highest BCUT2D eigenvalue weighted by atomic mass is 14.3. The van der Waals surface area contributed by atoms with Gasteiger partial charge in [0.2, 0.25) is 0 Å². The van der Waals surface area contributed by atoms with Gasteiger partial charge in [-0.05, 0) is 201 Å². The van der Waals surface area contributed by atoms with E-state index in [-0.39, 0.29) is 0 Å². The Bertz CT molecular complexity index is 5630. The molecule has 0 N–H and O–H groups in total. The highest BCUT2D eigenvalue weighted by Crippen LogP contribution is 2.58. The van der Waals surface area contributed by atoms with Crippen molar-refractivity contribution in [3.05, 3.63) is 264 Å². The van der Waals surface area contributed by atoms with Gasteiger partial charge in [0.1, 0.15) is 0 Å². The molecular weight excluding hydrogens is 913 g/mol. The van der Waals surface area contributed by atoms with Crippen LogP contribution in [0.1, 0.15) is 0 Å². The molecule has 19 rings (SSSR count). The van der Waals surface area contributed by atoms with Crippen molar-refractivity contribution in [2.45, 2.75) is 0 Å². The van der Waals surface area contributed by atoms with Crippen LogP contribution in [0.3, 0.4) is 0 Å². The first-order chi connectivity index (χ1) is 37.8. The van der Waals surface area contributed by atoms with Gasteiger partial charge in [-0.1, -0.05) is 237 Å². The third-order valence-corrected chi connectivity index (χ3v) is 18.2. The Morgan fingerprint density at radius 2 is 0.500 bits per heavy atom. The number of hydrogen-bond donors (Lipinski definition) is 0. The summed E-state index contributed by atoms with van der Waals surface area (Å²) in [4.78, 5) is 0. The molecule has 76 heavy (non-hydrogen) atoms. The molecule has 0 fully saturated rings. The lowest BCUT2D eigenvalue weighted by molar-refractivity contribution is 1.46. The van der Waals surface area contributed by atoms with E-state index in [0.717, 1.165) is 0 Å². The highest BCUT2D eigenvalue weighted by molar-refractivity contribution is 6.54. The van der Waals surface area contributed by atoms with Crippen LogP contribution in [0.25, 0.3) is 174 Å². The number of rotatable bonds is 4. The maximum Gasteiger partial charge on any atom is -0.000674 e. The lowest BCUT2D eigenvalue weighted by Gasteiger charge is -2.15. The van der Waals surface area contributed by atoms with Crippen LogP contribution >= 0.6 is 0 Å². The third-order valence-electron chi connectivity index (χ3n) is 18.2. The number of hydrogen-bond acceptors (Lipinski definition) is 0. The summed E-state index contributed by atoms with van der Waals surface area (Å²) in [6, 6.07) is 92.2. The molecule has 18 aromatic carbocycles. The second-order valence-electron chi connectivity index (χ2n) is 21.5. The largest absolute Gasteiger partial charge is 0.0622 e. The second kappa shape index (κ2) is 14.0. The Morgan fingerprint density at radius 3 is 1.09 bits per heavy atom. The number of benzene rings is 15. The zero-order valence-corrected chi connectivity index (χ0v) is 41.1. The van der Waals surface area contributed by atoms with Gasteiger partial charge in [0.05, 0.1) is 0 Å². The van der Waals surface area contributed by atoms with E-state index in [9.17, 15) is 0 Å². The molecule has 0 saturated heterocycles. The van der Waals surface area contributed by atoms with Crippen molar-refractivity contribution in [2.24, 2.45) is 0 Å². The summed E-state index contributed by atoms with van der Waals surface area (Å²) in [5.41, 5.74) is 10.2. The predicted molar refractivity (Wildman–Crippen MR) is 325 cm³/mol. The molecule has 0 bridgehead atoms. The van der Waals surface area contributed by atoms with E-state index in [0.29, 0.717) is 0 Å². The van der Waals surface area contributed by atoms with E-state index in [1.807, 2.05) is 0 Å². The van der Waals surface area contributed by atoms with Gasteiger partial charge in [-0.25, -0.2) is 0 Å². The molecule has 0 aliphatic heterocycles. The van der Waals surface area contributed by atoms with Gasteiger partial charge in [0.15, 0.2) is 0 Å². The first kappa shape index (κ1) is 39.6. The van der Waals surface area contributed by atoms with E-state index in [1.165, 1.54) is 195 Å². The Balaban J connectivity index is 0.992. The zero-order chi connectivity index (χ0) is 49.1. The van der Waals surface area contributed by atoms with E-state index in [2.05, 4.69) is 243 Å². The van der Waals surface area contributed by atoms with Gasteiger partial charge in [-0.15, -0.1) is 0 Å². The van der Waals surface area contributed by atoms with Gasteiger partial charge in [-0.2, -0.15) is 0 Å². The Hall–Kier alpha value is -9.88. The van der Waals surface area contributed by atoms with Crippen molar-refractivity contribution in [1.29, 1.82) is 0 Å². The Morgan fingerprint density at radius 1 is 0.158 bits per heavy atom. The van der Waals surface area contributed by atoms with Crippen LogP contribution in [0, 0.1) is 20.9 Å². The summed E-state index contributed by atoms with van der Waals surface area (Å²) >= 11 is 0. The van der Waals surface area contributed by atoms with Crippen molar-refractivity contribution < 1.29 is 0 Å². The molecular formula is C76H40. The summed E-state index contributed by atoms with van der Waals surface area (Å²) in [6.45, 7) is 0. The Kier molecular flexibility index (Phi) is 7.32. The molecule has 1 aliphatic rings. The topological polar surface area (TPSA) is 0 Å². The molecule has 0 atom stereocenters. The van der Waals surface area contributed by atoms with Gasteiger partial charge in [0.25, 0.3) is 0 Å². The fourth-order valence-corrected chi connectivity index (χ4v) is 15.4. The molecule has 18 aromatic rings. The minimum absolute atomic E-state index is 1.24. The summed E-state index contributed by atoms with van der Waals surface area (Å²) in [5, 5.41) is 37.6. The summed E-state index contributed by atoms with van der Waals surface area (Å²) in [6.07, 6.45) is 0. The molecule has 0 radical (unpaired) electrons. The molecule has 0 heterocycles. The standard InChI is InChI=1S/C76H40/c1-5-16-41(17-6-1)45-28-35-56-64-48(45)26-15-27-51(64)61-40-62-63(44-22-11-4-12-23-44)74-59-38-33-54-52-31-36-57-65-46(42-18-7-2-8-19-42)29-30-47(43-20-9-3-10-21-43)66(65)58-37-32-53(67(52)69(57)58)55-34-39-60(70(59)68(54)55)75(74)73-50-25-14-13-24-49(50)72(71(56)61)76(62)73/h1-40H. The van der Waals surface area contributed by atoms with Crippen LogP contribution in [0.5, 0.6) is 0 Å². The predicted octanol–water partition coefficient (Wildman–Crippen LogP) is 20.8. The summed E-state index contributed by atoms with van der Waals surface area (Å²) in [5.74, 6) is 0. The SMILES string of the molecule is c1ccc(-c2ccc(-c3ccccc3)c3c2=c2ccc4c5ccc6c7c(-c8ccccc8)c8cc9c%10cccc%11c(-c%12ccccc%12)ccc(c%11%10)c9c9c%10ccccc%10c(c7c7ccc(c%10ccc=3c2c4%10)c5c67)c89)cc1. The lowest BCUT2D eigenvalue weighted by atomic mass is 9.88. The van der Waals surface area contributed by atoms with E-state index < -0.39 is 0 Å². The molecule has 344 valence electrons. The molecule has 0 nitrogen and oxygen atoms in total. The van der Waals surface area contributed by atoms with Gasteiger partial charge in [0, 0.05) is 0 Å². The fraction of sp³-hybridized carbons (Fsp3) is 0. The Labute approximate surface area is 434 Å². The second-order valence-corrected chi connectivity index (χ2v) is 21.5. The van der Waals surface area contributed by atoms with Crippen LogP contribution in [-0.2, 0) is 0 Å². The molecule has 0 spiro atoms. The van der Waals surface area contributed by atoms with Crippen LogP contribution in [0.4, 0.5) is 0 Å². The molecule has 0 amide bonds. The smallest absolute Gasteiger partial charge is 0.000674 e. The molecule has 0 unspecified atom stereocenters. The van der Waals surface area contributed by atoms with Gasteiger partial charge >= 0.3 is 0 Å². The van der Waals surface area contributed by atoms with Gasteiger partial charge < -0.3 is 0 Å². The average Bonchev–Trinajstić information content (AvgIpc) is 4.23. The van der Waals surface area contributed by atoms with E-state index >= 15 is 0 Å². The fourth-order valence-electron chi connectivity index (χ4n) is 15.4. The van der Waals surface area contributed by atoms with Gasteiger partial charge in [-0.3, -0.25) is 0 Å². The lowest BCUT2D eigenvalue weighted by Crippen LogP contribution is -1.88. The van der Waals surface area contributed by atoms with Crippen molar-refractivity contribution in [3.8, 4) is 44.5 Å². The van der Waals surface area contributed by atoms with Crippen molar-refractivity contribution >= 4 is 129 Å². The van der Waals surface area contributed by atoms with Crippen LogP contribution < -0.4 is 0 Å². The minimum atomic E-state index is 1.24. The van der Waals surface area contributed by atoms with Crippen LogP contribution in [-0.4, -0.2) is 0 Å². The molecule has 0 saturated carbocycles. The maximum absolute atomic E-state index is 2.59. The minimum Gasteiger partial charge on any atom is -0.0622 e. The van der Waals surface area contributed by atoms with Crippen molar-refractivity contribution in [1.82, 2.24) is 0 Å². The first-order valence-electron chi connectivity index (χ1n) is 26.8. The quantitative estimate of drug-likeness (QED) is 0.122. The molecule has 0 aromatic heterocycles. The first-order valence-corrected chi connectivity index (χ1v) is 26.8. The van der Waals surface area contributed by atoms with E-state index in [4.69, 9.17) is 0 Å². The van der Waals surface area contributed by atoms with Crippen LogP contribution in [0.15, 0.2) is 243 Å². The number of fused-ring (bicyclic) bond motifs is 14. The third kappa shape index (κ3) is 4.70. The van der Waals surface area contributed by atoms with Crippen molar-refractivity contribution in [3.63, 3.8) is 0 Å².